The molecule has 7 N–H and O–H groups in total. The molecule has 0 aromatic rings. The third-order valence-electron chi connectivity index (χ3n) is 1.05. The first-order chi connectivity index (χ1) is 4.66. The Balaban J connectivity index is 3.24. The van der Waals surface area contributed by atoms with Crippen molar-refractivity contribution in [3.8, 4) is 0 Å². The van der Waals surface area contributed by atoms with E-state index in [1.54, 1.807) is 6.08 Å². The van der Waals surface area contributed by atoms with Crippen LogP contribution in [0.2, 0.25) is 0 Å². The zero-order valence-electron chi connectivity index (χ0n) is 6.09. The molecule has 0 rings (SSSR count). The molecule has 0 saturated carbocycles. The Morgan fingerprint density at radius 3 is 2.40 bits per heavy atom. The van der Waals surface area contributed by atoms with E-state index >= 15 is 0 Å². The number of nitrogens with one attached hydrogen (secondary N) is 1. The second-order valence-electron chi connectivity index (χ2n) is 2.20. The molecular weight excluding hydrogens is 128 g/mol. The normalized spacial score (nSPS) is 13.6. The van der Waals surface area contributed by atoms with Crippen LogP contribution in [0.3, 0.4) is 0 Å². The Morgan fingerprint density at radius 1 is 1.40 bits per heavy atom. The maximum absolute atomic E-state index is 5.54. The molecule has 10 heavy (non-hydrogen) atoms. The van der Waals surface area contributed by atoms with E-state index in [0.717, 1.165) is 0 Å². The minimum atomic E-state index is -0.340. The van der Waals surface area contributed by atoms with Crippen LogP contribution in [0.15, 0.2) is 12.7 Å². The molecule has 0 spiro atoms. The largest absolute Gasteiger partial charge is 0.316 e. The lowest BCUT2D eigenvalue weighted by molar-refractivity contribution is 0.471. The van der Waals surface area contributed by atoms with Crippen LogP contribution in [-0.2, 0) is 0 Å². The lowest BCUT2D eigenvalue weighted by atomic mass is 10.3. The van der Waals surface area contributed by atoms with Crippen molar-refractivity contribution < 1.29 is 0 Å². The lowest BCUT2D eigenvalue weighted by Gasteiger charge is -2.13. The molecular formula is C6H16N4. The van der Waals surface area contributed by atoms with Gasteiger partial charge in [0.1, 0.15) is 0 Å². The average Bonchev–Trinajstić information content (AvgIpc) is 1.82. The van der Waals surface area contributed by atoms with Crippen LogP contribution in [0, 0.1) is 0 Å². The molecule has 0 saturated heterocycles. The molecule has 0 heterocycles. The van der Waals surface area contributed by atoms with Crippen LogP contribution in [0.1, 0.15) is 6.42 Å². The molecule has 1 unspecified atom stereocenters. The van der Waals surface area contributed by atoms with Crippen LogP contribution in [-0.4, -0.2) is 18.9 Å². The third kappa shape index (κ3) is 5.71. The average molecular weight is 144 g/mol. The molecule has 0 aromatic carbocycles. The predicted octanol–water partition coefficient (Wildman–Crippen LogP) is -1.32. The van der Waals surface area contributed by atoms with Crippen molar-refractivity contribution in [2.75, 3.05) is 6.54 Å². The lowest BCUT2D eigenvalue weighted by Crippen LogP contribution is -2.45. The summed E-state index contributed by atoms with van der Waals surface area (Å²) in [5, 5.41) is 2.96. The smallest absolute Gasteiger partial charge is 0.0576 e. The first-order valence-electron chi connectivity index (χ1n) is 3.28. The SMILES string of the molecule is C=CCNC(N)CC(N)N. The minimum Gasteiger partial charge on any atom is -0.316 e. The van der Waals surface area contributed by atoms with Gasteiger partial charge in [-0.3, -0.25) is 5.32 Å². The molecule has 4 nitrogen and oxygen atoms in total. The van der Waals surface area contributed by atoms with Gasteiger partial charge in [0.25, 0.3) is 0 Å². The highest BCUT2D eigenvalue weighted by atomic mass is 15.0. The molecule has 0 bridgehead atoms. The zero-order valence-corrected chi connectivity index (χ0v) is 6.09. The Morgan fingerprint density at radius 2 is 2.00 bits per heavy atom. The van der Waals surface area contributed by atoms with Crippen LogP contribution < -0.4 is 22.5 Å². The summed E-state index contributed by atoms with van der Waals surface area (Å²) in [6.45, 7) is 4.22. The number of nitrogens with two attached hydrogens (primary N) is 3. The molecule has 0 aliphatic rings. The van der Waals surface area contributed by atoms with Gasteiger partial charge in [0.05, 0.1) is 12.3 Å². The van der Waals surface area contributed by atoms with E-state index < -0.39 is 0 Å². The molecule has 0 aliphatic carbocycles. The van der Waals surface area contributed by atoms with Gasteiger partial charge in [0.15, 0.2) is 0 Å². The van der Waals surface area contributed by atoms with Crippen molar-refractivity contribution in [3.05, 3.63) is 12.7 Å². The van der Waals surface area contributed by atoms with Gasteiger partial charge in [-0.1, -0.05) is 6.08 Å². The van der Waals surface area contributed by atoms with Crippen LogP contribution >= 0.6 is 0 Å². The molecule has 4 heteroatoms. The first kappa shape index (κ1) is 9.58. The predicted molar refractivity (Wildman–Crippen MR) is 43.0 cm³/mol. The van der Waals surface area contributed by atoms with Crippen molar-refractivity contribution in [2.24, 2.45) is 17.2 Å². The van der Waals surface area contributed by atoms with Gasteiger partial charge < -0.3 is 17.2 Å². The second kappa shape index (κ2) is 5.37. The van der Waals surface area contributed by atoms with Crippen LogP contribution in [0.4, 0.5) is 0 Å². The summed E-state index contributed by atoms with van der Waals surface area (Å²) in [4.78, 5) is 0. The second-order valence-corrected chi connectivity index (χ2v) is 2.20. The van der Waals surface area contributed by atoms with Crippen LogP contribution in [0.25, 0.3) is 0 Å². The van der Waals surface area contributed by atoms with Crippen LogP contribution in [0.5, 0.6) is 0 Å². The van der Waals surface area contributed by atoms with Gasteiger partial charge in [-0.25, -0.2) is 0 Å². The van der Waals surface area contributed by atoms with Gasteiger partial charge in [-0.15, -0.1) is 6.58 Å². The monoisotopic (exact) mass is 144 g/mol. The topological polar surface area (TPSA) is 90.1 Å². The van der Waals surface area contributed by atoms with Gasteiger partial charge in [-0.05, 0) is 0 Å². The van der Waals surface area contributed by atoms with E-state index in [1.165, 1.54) is 0 Å². The third-order valence-corrected chi connectivity index (χ3v) is 1.05. The Bertz CT molecular complexity index is 91.7. The molecule has 0 fully saturated rings. The molecule has 0 aliphatic heterocycles. The molecule has 1 atom stereocenters. The van der Waals surface area contributed by atoms with Crippen molar-refractivity contribution >= 4 is 0 Å². The standard InChI is InChI=1S/C6H16N4/c1-2-3-10-6(9)4-5(7)8/h2,5-6,10H,1,3-4,7-9H2. The number of hydrogen-bond acceptors (Lipinski definition) is 4. The van der Waals surface area contributed by atoms with Gasteiger partial charge >= 0.3 is 0 Å². The van der Waals surface area contributed by atoms with Crippen molar-refractivity contribution in [1.29, 1.82) is 0 Å². The first-order valence-corrected chi connectivity index (χ1v) is 3.28. The summed E-state index contributed by atoms with van der Waals surface area (Å²) in [6.07, 6.45) is 1.85. The van der Waals surface area contributed by atoms with E-state index in [-0.39, 0.29) is 12.3 Å². The summed E-state index contributed by atoms with van der Waals surface area (Å²) in [5.41, 5.74) is 16.1. The Hall–Kier alpha value is -0.420. The van der Waals surface area contributed by atoms with Gasteiger partial charge in [0, 0.05) is 13.0 Å². The Labute approximate surface area is 61.4 Å². The summed E-state index contributed by atoms with van der Waals surface area (Å²) in [5.74, 6) is 0. The van der Waals surface area contributed by atoms with Crippen molar-refractivity contribution in [1.82, 2.24) is 5.32 Å². The maximum atomic E-state index is 5.54. The van der Waals surface area contributed by atoms with E-state index in [4.69, 9.17) is 17.2 Å². The fraction of sp³-hybridized carbons (Fsp3) is 0.667. The van der Waals surface area contributed by atoms with Gasteiger partial charge in [-0.2, -0.15) is 0 Å². The van der Waals surface area contributed by atoms with E-state index in [2.05, 4.69) is 11.9 Å². The highest BCUT2D eigenvalue weighted by molar-refractivity contribution is 4.73. The summed E-state index contributed by atoms with van der Waals surface area (Å²) in [7, 11) is 0. The maximum Gasteiger partial charge on any atom is 0.0576 e. The highest BCUT2D eigenvalue weighted by Crippen LogP contribution is 1.82. The fourth-order valence-electron chi connectivity index (χ4n) is 0.611. The summed E-state index contributed by atoms with van der Waals surface area (Å²) in [6, 6.07) is 0. The summed E-state index contributed by atoms with van der Waals surface area (Å²) >= 11 is 0. The highest BCUT2D eigenvalue weighted by Gasteiger charge is 2.02. The van der Waals surface area contributed by atoms with E-state index in [9.17, 15) is 0 Å². The van der Waals surface area contributed by atoms with E-state index in [0.29, 0.717) is 13.0 Å². The summed E-state index contributed by atoms with van der Waals surface area (Å²) < 4.78 is 0. The number of hydrogen-bond donors (Lipinski definition) is 4. The molecule has 0 amide bonds. The fourth-order valence-corrected chi connectivity index (χ4v) is 0.611. The molecule has 60 valence electrons. The van der Waals surface area contributed by atoms with E-state index in [1.807, 2.05) is 0 Å². The quantitative estimate of drug-likeness (QED) is 0.284. The number of rotatable bonds is 5. The molecule has 0 radical (unpaired) electrons. The van der Waals surface area contributed by atoms with Gasteiger partial charge in [0.2, 0.25) is 0 Å². The van der Waals surface area contributed by atoms with Crippen molar-refractivity contribution in [2.45, 2.75) is 18.8 Å². The Kier molecular flexibility index (Phi) is 5.15. The molecule has 0 aromatic heterocycles. The minimum absolute atomic E-state index is 0.127. The van der Waals surface area contributed by atoms with Crippen molar-refractivity contribution in [3.63, 3.8) is 0 Å². The zero-order chi connectivity index (χ0) is 7.98.